The predicted octanol–water partition coefficient (Wildman–Crippen LogP) is 1.51. The molecule has 1 aliphatic rings. The van der Waals surface area contributed by atoms with Gasteiger partial charge in [0.05, 0.1) is 0 Å². The van der Waals surface area contributed by atoms with Crippen molar-refractivity contribution >= 4 is 11.7 Å². The number of hydrogen-bond acceptors (Lipinski definition) is 3. The second kappa shape index (κ2) is 4.57. The predicted molar refractivity (Wildman–Crippen MR) is 63.0 cm³/mol. The van der Waals surface area contributed by atoms with Crippen molar-refractivity contribution in [3.8, 4) is 5.75 Å². The summed E-state index contributed by atoms with van der Waals surface area (Å²) in [6.07, 6.45) is 0.894. The summed E-state index contributed by atoms with van der Waals surface area (Å²) in [6, 6.07) is 4.81. The van der Waals surface area contributed by atoms with E-state index in [1.54, 1.807) is 24.0 Å². The van der Waals surface area contributed by atoms with Crippen LogP contribution < -0.4 is 0 Å². The molecule has 0 saturated carbocycles. The number of benzene rings is 1. The minimum atomic E-state index is -0.0689. The molecule has 0 atom stereocenters. The molecule has 0 radical (unpaired) electrons. The molecular weight excluding hydrogens is 218 g/mol. The summed E-state index contributed by atoms with van der Waals surface area (Å²) < 4.78 is 0. The van der Waals surface area contributed by atoms with Gasteiger partial charge < -0.3 is 10.0 Å². The van der Waals surface area contributed by atoms with E-state index in [2.05, 4.69) is 0 Å². The van der Waals surface area contributed by atoms with Crippen LogP contribution in [0.4, 0.5) is 0 Å². The molecule has 1 aliphatic heterocycles. The van der Waals surface area contributed by atoms with Gasteiger partial charge in [0.15, 0.2) is 0 Å². The van der Waals surface area contributed by atoms with Crippen molar-refractivity contribution in [3.05, 3.63) is 29.3 Å². The van der Waals surface area contributed by atoms with E-state index in [0.717, 1.165) is 0 Å². The van der Waals surface area contributed by atoms with Gasteiger partial charge in [-0.3, -0.25) is 9.59 Å². The lowest BCUT2D eigenvalue weighted by molar-refractivity contribution is -0.120. The van der Waals surface area contributed by atoms with Gasteiger partial charge in [0.25, 0.3) is 5.91 Å². The summed E-state index contributed by atoms with van der Waals surface area (Å²) in [6.45, 7) is 2.75. The van der Waals surface area contributed by atoms with Crippen LogP contribution >= 0.6 is 0 Å². The van der Waals surface area contributed by atoms with Gasteiger partial charge in [-0.1, -0.05) is 0 Å². The number of Topliss-reactive ketones (excluding diaryl/α,β-unsaturated/α-hetero) is 1. The summed E-state index contributed by atoms with van der Waals surface area (Å²) in [4.78, 5) is 24.9. The molecule has 0 aliphatic carbocycles. The van der Waals surface area contributed by atoms with E-state index in [1.807, 2.05) is 0 Å². The van der Waals surface area contributed by atoms with Gasteiger partial charge in [0, 0.05) is 31.5 Å². The molecule has 1 aromatic rings. The highest BCUT2D eigenvalue weighted by atomic mass is 16.3. The van der Waals surface area contributed by atoms with Gasteiger partial charge in [-0.25, -0.2) is 0 Å². The van der Waals surface area contributed by atoms with Crippen molar-refractivity contribution in [1.82, 2.24) is 4.90 Å². The lowest BCUT2D eigenvalue weighted by Crippen LogP contribution is -2.38. The summed E-state index contributed by atoms with van der Waals surface area (Å²) in [5.41, 5.74) is 1.25. The molecule has 1 amide bonds. The van der Waals surface area contributed by atoms with Gasteiger partial charge in [-0.05, 0) is 30.7 Å². The second-order valence-electron chi connectivity index (χ2n) is 4.33. The average molecular weight is 233 g/mol. The Kier molecular flexibility index (Phi) is 3.13. The van der Waals surface area contributed by atoms with E-state index in [9.17, 15) is 14.7 Å². The molecule has 0 spiro atoms. The third kappa shape index (κ3) is 2.46. The minimum Gasteiger partial charge on any atom is -0.508 e. The van der Waals surface area contributed by atoms with Crippen LogP contribution in [-0.4, -0.2) is 34.8 Å². The molecule has 1 saturated heterocycles. The fourth-order valence-electron chi connectivity index (χ4n) is 1.93. The van der Waals surface area contributed by atoms with Crippen LogP contribution in [0.5, 0.6) is 5.75 Å². The Bertz CT molecular complexity index is 458. The zero-order valence-electron chi connectivity index (χ0n) is 9.77. The lowest BCUT2D eigenvalue weighted by atomic mass is 10.1. The van der Waals surface area contributed by atoms with E-state index >= 15 is 0 Å². The van der Waals surface area contributed by atoms with Gasteiger partial charge >= 0.3 is 0 Å². The number of hydrogen-bond donors (Lipinski definition) is 1. The number of piperidine rings is 1. The molecule has 90 valence electrons. The van der Waals surface area contributed by atoms with Gasteiger partial charge in [-0.2, -0.15) is 0 Å². The maximum atomic E-state index is 12.1. The summed E-state index contributed by atoms with van der Waals surface area (Å²) in [5.74, 6) is 0.340. The lowest BCUT2D eigenvalue weighted by Gasteiger charge is -2.26. The molecule has 4 nitrogen and oxygen atoms in total. The van der Waals surface area contributed by atoms with Crippen molar-refractivity contribution in [2.45, 2.75) is 19.8 Å². The molecule has 0 unspecified atom stereocenters. The summed E-state index contributed by atoms with van der Waals surface area (Å²) in [5, 5.41) is 9.40. The standard InChI is InChI=1S/C13H15NO3/c1-9-8-10(2-3-12(9)16)13(17)14-6-4-11(15)5-7-14/h2-3,8,16H,4-7H2,1H3. The second-order valence-corrected chi connectivity index (χ2v) is 4.33. The first kappa shape index (κ1) is 11.6. The van der Waals surface area contributed by atoms with E-state index in [0.29, 0.717) is 37.1 Å². The smallest absolute Gasteiger partial charge is 0.253 e. The highest BCUT2D eigenvalue weighted by Crippen LogP contribution is 2.19. The van der Waals surface area contributed by atoms with Crippen molar-refractivity contribution in [3.63, 3.8) is 0 Å². The van der Waals surface area contributed by atoms with Crippen LogP contribution in [-0.2, 0) is 4.79 Å². The van der Waals surface area contributed by atoms with Crippen LogP contribution in [0, 0.1) is 6.92 Å². The molecule has 17 heavy (non-hydrogen) atoms. The van der Waals surface area contributed by atoms with Crippen LogP contribution in [0.1, 0.15) is 28.8 Å². The number of phenols is 1. The maximum Gasteiger partial charge on any atom is 0.253 e. The highest BCUT2D eigenvalue weighted by molar-refractivity contribution is 5.95. The summed E-state index contributed by atoms with van der Waals surface area (Å²) >= 11 is 0. The Balaban J connectivity index is 2.14. The topological polar surface area (TPSA) is 57.6 Å². The van der Waals surface area contributed by atoms with Crippen LogP contribution in [0.25, 0.3) is 0 Å². The molecule has 2 rings (SSSR count). The number of nitrogens with zero attached hydrogens (tertiary/aromatic N) is 1. The van der Waals surface area contributed by atoms with Crippen molar-refractivity contribution in [2.75, 3.05) is 13.1 Å². The highest BCUT2D eigenvalue weighted by Gasteiger charge is 2.21. The molecular formula is C13H15NO3. The van der Waals surface area contributed by atoms with E-state index in [1.165, 1.54) is 6.07 Å². The van der Waals surface area contributed by atoms with Crippen LogP contribution in [0.3, 0.4) is 0 Å². The number of likely N-dealkylation sites (tertiary alicyclic amines) is 1. The van der Waals surface area contributed by atoms with Gasteiger partial charge in [0.1, 0.15) is 11.5 Å². The zero-order chi connectivity index (χ0) is 12.4. The number of aromatic hydroxyl groups is 1. The molecule has 0 bridgehead atoms. The molecule has 1 N–H and O–H groups in total. The number of rotatable bonds is 1. The molecule has 4 heteroatoms. The first-order valence-corrected chi connectivity index (χ1v) is 5.68. The SMILES string of the molecule is Cc1cc(C(=O)N2CCC(=O)CC2)ccc1O. The van der Waals surface area contributed by atoms with E-state index in [4.69, 9.17) is 0 Å². The van der Waals surface area contributed by atoms with Crippen LogP contribution in [0.15, 0.2) is 18.2 Å². The number of phenolic OH excluding ortho intramolecular Hbond substituents is 1. The Morgan fingerprint density at radius 2 is 1.94 bits per heavy atom. The molecule has 1 heterocycles. The largest absolute Gasteiger partial charge is 0.508 e. The molecule has 0 aromatic heterocycles. The normalized spacial score (nSPS) is 16.1. The van der Waals surface area contributed by atoms with Crippen molar-refractivity contribution in [2.24, 2.45) is 0 Å². The quantitative estimate of drug-likeness (QED) is 0.799. The number of amides is 1. The fourth-order valence-corrected chi connectivity index (χ4v) is 1.93. The maximum absolute atomic E-state index is 12.1. The Morgan fingerprint density at radius 3 is 2.53 bits per heavy atom. The minimum absolute atomic E-state index is 0.0689. The van der Waals surface area contributed by atoms with Gasteiger partial charge in [0.2, 0.25) is 0 Å². The monoisotopic (exact) mass is 233 g/mol. The zero-order valence-corrected chi connectivity index (χ0v) is 9.77. The van der Waals surface area contributed by atoms with Crippen molar-refractivity contribution < 1.29 is 14.7 Å². The average Bonchev–Trinajstić information content (AvgIpc) is 2.33. The number of aryl methyl sites for hydroxylation is 1. The fraction of sp³-hybridized carbons (Fsp3) is 0.385. The third-order valence-corrected chi connectivity index (χ3v) is 3.05. The van der Waals surface area contributed by atoms with E-state index in [-0.39, 0.29) is 17.4 Å². The third-order valence-electron chi connectivity index (χ3n) is 3.05. The van der Waals surface area contributed by atoms with E-state index < -0.39 is 0 Å². The Morgan fingerprint density at radius 1 is 1.29 bits per heavy atom. The first-order chi connectivity index (χ1) is 8.08. The van der Waals surface area contributed by atoms with Gasteiger partial charge in [-0.15, -0.1) is 0 Å². The van der Waals surface area contributed by atoms with Crippen LogP contribution in [0.2, 0.25) is 0 Å². The number of carbonyl (C=O) groups excluding carboxylic acids is 2. The van der Waals surface area contributed by atoms with Crippen molar-refractivity contribution in [1.29, 1.82) is 0 Å². The number of carbonyl (C=O) groups is 2. The Labute approximate surface area is 99.9 Å². The first-order valence-electron chi connectivity index (χ1n) is 5.68. The Hall–Kier alpha value is -1.84. The molecule has 1 aromatic carbocycles. The summed E-state index contributed by atoms with van der Waals surface area (Å²) in [7, 11) is 0. The number of ketones is 1. The molecule has 1 fully saturated rings.